The predicted molar refractivity (Wildman–Crippen MR) is 130 cm³/mol. The number of hydrogen-bond acceptors (Lipinski definition) is 8. The molecule has 1 saturated heterocycles. The van der Waals surface area contributed by atoms with Gasteiger partial charge >= 0.3 is 0 Å². The summed E-state index contributed by atoms with van der Waals surface area (Å²) in [5.41, 5.74) is 0.180. The van der Waals surface area contributed by atoms with Gasteiger partial charge in [-0.2, -0.15) is 0 Å². The van der Waals surface area contributed by atoms with Crippen LogP contribution in [0.1, 0.15) is 40.0 Å². The number of piperidine rings is 1. The first-order valence-corrected chi connectivity index (χ1v) is 11.6. The van der Waals surface area contributed by atoms with Gasteiger partial charge in [0.25, 0.3) is 5.91 Å². The minimum absolute atomic E-state index is 0.0243. The highest BCUT2D eigenvalue weighted by atomic mass is 16.5. The summed E-state index contributed by atoms with van der Waals surface area (Å²) in [7, 11) is 5.96. The molecule has 2 aliphatic rings. The average molecular weight is 499 g/mol. The maximum absolute atomic E-state index is 12.8. The Hall–Kier alpha value is -3.95. The Labute approximate surface area is 209 Å². The Morgan fingerprint density at radius 2 is 1.64 bits per heavy atom. The van der Waals surface area contributed by atoms with Crippen LogP contribution in [0.5, 0.6) is 28.7 Å². The number of hydrogen-bond donors (Lipinski definition) is 1. The molecule has 10 nitrogen and oxygen atoms in total. The molecule has 2 heterocycles. The van der Waals surface area contributed by atoms with Crippen LogP contribution >= 0.6 is 0 Å². The van der Waals surface area contributed by atoms with Crippen molar-refractivity contribution in [3.8, 4) is 28.7 Å². The highest BCUT2D eigenvalue weighted by Crippen LogP contribution is 2.41. The third-order valence-corrected chi connectivity index (χ3v) is 6.65. The summed E-state index contributed by atoms with van der Waals surface area (Å²) in [6.07, 6.45) is 1.30. The number of carbonyl (C=O) groups excluding carboxylic acids is 3. The fourth-order valence-corrected chi connectivity index (χ4v) is 4.63. The van der Waals surface area contributed by atoms with Crippen molar-refractivity contribution >= 4 is 17.6 Å². The second-order valence-corrected chi connectivity index (χ2v) is 8.72. The molecule has 2 aromatic rings. The van der Waals surface area contributed by atoms with E-state index in [0.717, 1.165) is 0 Å². The normalized spacial score (nSPS) is 16.0. The van der Waals surface area contributed by atoms with Gasteiger partial charge in [0.1, 0.15) is 17.1 Å². The lowest BCUT2D eigenvalue weighted by atomic mass is 9.82. The summed E-state index contributed by atoms with van der Waals surface area (Å²) >= 11 is 0. The molecule has 4 rings (SSSR count). The molecule has 0 bridgehead atoms. The molecule has 0 aromatic heterocycles. The molecule has 2 aliphatic heterocycles. The third kappa shape index (κ3) is 4.89. The first-order valence-electron chi connectivity index (χ1n) is 11.6. The van der Waals surface area contributed by atoms with Gasteiger partial charge in [-0.3, -0.25) is 14.4 Å². The third-order valence-electron chi connectivity index (χ3n) is 6.65. The summed E-state index contributed by atoms with van der Waals surface area (Å²) in [4.78, 5) is 39.9. The second-order valence-electron chi connectivity index (χ2n) is 8.72. The van der Waals surface area contributed by atoms with E-state index in [-0.39, 0.29) is 30.2 Å². The van der Waals surface area contributed by atoms with Crippen molar-refractivity contribution in [2.24, 2.45) is 0 Å². The number of amides is 2. The molecule has 10 heteroatoms. The Kier molecular flexibility index (Phi) is 7.23. The van der Waals surface area contributed by atoms with Crippen molar-refractivity contribution in [2.75, 3.05) is 48.1 Å². The minimum Gasteiger partial charge on any atom is -0.497 e. The number of fused-ring (bicyclic) bond motifs is 1. The molecule has 0 atom stereocenters. The van der Waals surface area contributed by atoms with E-state index in [2.05, 4.69) is 5.32 Å². The van der Waals surface area contributed by atoms with Crippen molar-refractivity contribution in [3.63, 3.8) is 0 Å². The molecule has 0 radical (unpaired) electrons. The fourth-order valence-electron chi connectivity index (χ4n) is 4.63. The lowest BCUT2D eigenvalue weighted by molar-refractivity contribution is -0.133. The van der Waals surface area contributed by atoms with Crippen molar-refractivity contribution in [1.82, 2.24) is 10.2 Å². The number of likely N-dealkylation sites (tertiary alicyclic amines) is 1. The molecule has 192 valence electrons. The maximum atomic E-state index is 12.8. The maximum Gasteiger partial charge on any atom is 0.251 e. The number of carbonyl (C=O) groups is 3. The monoisotopic (exact) mass is 498 g/mol. The molecule has 2 amide bonds. The minimum atomic E-state index is -0.646. The van der Waals surface area contributed by atoms with Gasteiger partial charge in [-0.05, 0) is 24.3 Å². The molecule has 1 N–H and O–H groups in total. The molecule has 1 fully saturated rings. The number of ether oxygens (including phenoxy) is 5. The molecule has 1 spiro atoms. The van der Waals surface area contributed by atoms with E-state index in [1.54, 1.807) is 30.2 Å². The number of ketones is 1. The standard InChI is InChI=1S/C26H30N2O8/c1-32-17-5-6-18-19(29)14-26(36-20(18)13-17)7-9-28(10-8-26)23(30)15-27-25(31)16-11-21(33-2)24(35-4)22(12-16)34-3/h5-6,11-13H,7-10,14-15H2,1-4H3,(H,27,31). The van der Waals surface area contributed by atoms with Crippen LogP contribution in [0.2, 0.25) is 0 Å². The molecule has 0 saturated carbocycles. The van der Waals surface area contributed by atoms with Crippen molar-refractivity contribution in [1.29, 1.82) is 0 Å². The first kappa shape index (κ1) is 25.2. The van der Waals surface area contributed by atoms with Gasteiger partial charge in [0, 0.05) is 37.6 Å². The van der Waals surface area contributed by atoms with Crippen LogP contribution < -0.4 is 29.0 Å². The number of nitrogens with one attached hydrogen (secondary N) is 1. The van der Waals surface area contributed by atoms with Gasteiger partial charge in [-0.15, -0.1) is 0 Å². The summed E-state index contributed by atoms with van der Waals surface area (Å²) in [5, 5.41) is 2.66. The summed E-state index contributed by atoms with van der Waals surface area (Å²) in [6, 6.07) is 8.24. The van der Waals surface area contributed by atoms with Gasteiger partial charge in [0.05, 0.1) is 47.0 Å². The van der Waals surface area contributed by atoms with E-state index in [1.165, 1.54) is 33.5 Å². The zero-order chi connectivity index (χ0) is 25.9. The van der Waals surface area contributed by atoms with E-state index >= 15 is 0 Å². The van der Waals surface area contributed by atoms with Gasteiger partial charge in [-0.1, -0.05) is 0 Å². The quantitative estimate of drug-likeness (QED) is 0.620. The number of methoxy groups -OCH3 is 4. The number of nitrogens with zero attached hydrogens (tertiary/aromatic N) is 1. The summed E-state index contributed by atoms with van der Waals surface area (Å²) in [5.74, 6) is 1.57. The van der Waals surface area contributed by atoms with Crippen molar-refractivity contribution in [3.05, 3.63) is 41.5 Å². The van der Waals surface area contributed by atoms with Crippen LogP contribution in [0.3, 0.4) is 0 Å². The van der Waals surface area contributed by atoms with Gasteiger partial charge in [0.15, 0.2) is 17.3 Å². The smallest absolute Gasteiger partial charge is 0.251 e. The summed E-state index contributed by atoms with van der Waals surface area (Å²) in [6.45, 7) is 0.680. The molecule has 2 aromatic carbocycles. The first-order chi connectivity index (χ1) is 17.3. The number of rotatable bonds is 7. The van der Waals surface area contributed by atoms with Crippen LogP contribution in [0, 0.1) is 0 Å². The average Bonchev–Trinajstić information content (AvgIpc) is 2.90. The lowest BCUT2D eigenvalue weighted by Gasteiger charge is -2.44. The molecule has 0 unspecified atom stereocenters. The van der Waals surface area contributed by atoms with E-state index in [0.29, 0.717) is 60.2 Å². The Bertz CT molecular complexity index is 1150. The van der Waals surface area contributed by atoms with Gasteiger partial charge < -0.3 is 33.9 Å². The molecule has 36 heavy (non-hydrogen) atoms. The van der Waals surface area contributed by atoms with Gasteiger partial charge in [0.2, 0.25) is 11.7 Å². The highest BCUT2D eigenvalue weighted by molar-refractivity contribution is 6.00. The summed E-state index contributed by atoms with van der Waals surface area (Å²) < 4.78 is 27.4. The van der Waals surface area contributed by atoms with E-state index < -0.39 is 11.5 Å². The lowest BCUT2D eigenvalue weighted by Crippen LogP contribution is -2.53. The zero-order valence-corrected chi connectivity index (χ0v) is 20.8. The largest absolute Gasteiger partial charge is 0.497 e. The number of Topliss-reactive ketones (excluding diaryl/α,β-unsaturated/α-hetero) is 1. The van der Waals surface area contributed by atoms with Crippen LogP contribution in [-0.2, 0) is 4.79 Å². The number of benzene rings is 2. The Morgan fingerprint density at radius 3 is 2.22 bits per heavy atom. The van der Waals surface area contributed by atoms with Crippen molar-refractivity contribution in [2.45, 2.75) is 24.9 Å². The van der Waals surface area contributed by atoms with E-state index in [9.17, 15) is 14.4 Å². The van der Waals surface area contributed by atoms with E-state index in [1.807, 2.05) is 0 Å². The predicted octanol–water partition coefficient (Wildman–Crippen LogP) is 2.48. The Balaban J connectivity index is 1.36. The molecular weight excluding hydrogens is 468 g/mol. The van der Waals surface area contributed by atoms with Crippen LogP contribution in [0.25, 0.3) is 0 Å². The highest BCUT2D eigenvalue weighted by Gasteiger charge is 2.43. The van der Waals surface area contributed by atoms with Crippen LogP contribution in [0.15, 0.2) is 30.3 Å². The fraction of sp³-hybridized carbons (Fsp3) is 0.423. The molecular formula is C26H30N2O8. The van der Waals surface area contributed by atoms with Crippen LogP contribution in [0.4, 0.5) is 0 Å². The van der Waals surface area contributed by atoms with Crippen LogP contribution in [-0.4, -0.2) is 76.2 Å². The Morgan fingerprint density at radius 1 is 0.972 bits per heavy atom. The van der Waals surface area contributed by atoms with Crippen molar-refractivity contribution < 1.29 is 38.1 Å². The SMILES string of the molecule is COc1ccc2c(c1)OC1(CCN(C(=O)CNC(=O)c3cc(OC)c(OC)c(OC)c3)CC1)CC2=O. The second kappa shape index (κ2) is 10.3. The molecule has 0 aliphatic carbocycles. The van der Waals surface area contributed by atoms with E-state index in [4.69, 9.17) is 23.7 Å². The topological polar surface area (TPSA) is 113 Å². The van der Waals surface area contributed by atoms with Gasteiger partial charge in [-0.25, -0.2) is 0 Å². The zero-order valence-electron chi connectivity index (χ0n) is 20.8.